The van der Waals surface area contributed by atoms with Gasteiger partial charge in [0.1, 0.15) is 17.7 Å². The number of piperidine rings is 1. The Hall–Kier alpha value is -3.39. The Balaban J connectivity index is 1.28. The molecule has 0 N–H and O–H groups in total. The van der Waals surface area contributed by atoms with Crippen LogP contribution in [0.3, 0.4) is 0 Å². The molecule has 3 aliphatic rings. The van der Waals surface area contributed by atoms with E-state index < -0.39 is 11.1 Å². The van der Waals surface area contributed by atoms with Crippen molar-refractivity contribution in [2.24, 2.45) is 0 Å². The third kappa shape index (κ3) is 6.75. The standard InChI is InChI=1S/C33H43N3O5/c1-32(2,3)41-29(37)27-14-10-13-26(21-27)22-35-24-36(28-15-8-5-9-16-28)33(30(35)38)17-19-34(20-18-33)31(39)40-23-25-11-6-4-7-12-25/h4,6-7,10-14,21,28H,5,8-9,15-20,22-24H2,1-3H3. The van der Waals surface area contributed by atoms with Crippen LogP contribution < -0.4 is 0 Å². The van der Waals surface area contributed by atoms with Gasteiger partial charge in [-0.3, -0.25) is 9.69 Å². The van der Waals surface area contributed by atoms with Gasteiger partial charge < -0.3 is 19.3 Å². The number of carbonyl (C=O) groups is 3. The summed E-state index contributed by atoms with van der Waals surface area (Å²) < 4.78 is 11.1. The number of hydrogen-bond acceptors (Lipinski definition) is 6. The van der Waals surface area contributed by atoms with Crippen LogP contribution in [-0.4, -0.2) is 69.6 Å². The molecule has 8 heteroatoms. The molecule has 2 aliphatic heterocycles. The van der Waals surface area contributed by atoms with E-state index in [4.69, 9.17) is 9.47 Å². The van der Waals surface area contributed by atoms with E-state index in [0.717, 1.165) is 24.0 Å². The highest BCUT2D eigenvalue weighted by Gasteiger charge is 2.55. The Morgan fingerprint density at radius 1 is 0.927 bits per heavy atom. The van der Waals surface area contributed by atoms with Gasteiger partial charge in [-0.05, 0) is 69.7 Å². The van der Waals surface area contributed by atoms with E-state index in [1.54, 1.807) is 11.0 Å². The number of rotatable bonds is 6. The molecule has 0 atom stereocenters. The second-order valence-electron chi connectivity index (χ2n) is 12.7. The van der Waals surface area contributed by atoms with Crippen molar-refractivity contribution in [2.75, 3.05) is 19.8 Å². The van der Waals surface area contributed by atoms with Crippen molar-refractivity contribution in [3.8, 4) is 0 Å². The van der Waals surface area contributed by atoms with Gasteiger partial charge in [0.15, 0.2) is 0 Å². The Bertz CT molecular complexity index is 1230. The summed E-state index contributed by atoms with van der Waals surface area (Å²) in [5.41, 5.74) is 1.17. The number of nitrogens with zero attached hydrogens (tertiary/aromatic N) is 3. The van der Waals surface area contributed by atoms with Gasteiger partial charge in [-0.2, -0.15) is 0 Å². The maximum absolute atomic E-state index is 14.2. The van der Waals surface area contributed by atoms with E-state index in [2.05, 4.69) is 4.90 Å². The Morgan fingerprint density at radius 2 is 1.61 bits per heavy atom. The summed E-state index contributed by atoms with van der Waals surface area (Å²) in [6.07, 6.45) is 6.67. The van der Waals surface area contributed by atoms with Gasteiger partial charge in [-0.15, -0.1) is 0 Å². The number of esters is 1. The fourth-order valence-electron chi connectivity index (χ4n) is 6.51. The summed E-state index contributed by atoms with van der Waals surface area (Å²) in [6, 6.07) is 17.4. The lowest BCUT2D eigenvalue weighted by atomic mass is 9.82. The van der Waals surface area contributed by atoms with Gasteiger partial charge >= 0.3 is 12.1 Å². The molecule has 2 amide bonds. The molecule has 0 bridgehead atoms. The topological polar surface area (TPSA) is 79.4 Å². The van der Waals surface area contributed by atoms with Crippen LogP contribution in [-0.2, 0) is 27.4 Å². The molecular weight excluding hydrogens is 518 g/mol. The molecule has 2 aromatic rings. The zero-order valence-electron chi connectivity index (χ0n) is 24.6. The van der Waals surface area contributed by atoms with E-state index in [1.165, 1.54) is 19.3 Å². The van der Waals surface area contributed by atoms with Crippen LogP contribution in [0.5, 0.6) is 0 Å². The van der Waals surface area contributed by atoms with Gasteiger partial charge in [-0.1, -0.05) is 61.7 Å². The van der Waals surface area contributed by atoms with Gasteiger partial charge in [0, 0.05) is 25.7 Å². The number of amides is 2. The van der Waals surface area contributed by atoms with E-state index in [9.17, 15) is 14.4 Å². The summed E-state index contributed by atoms with van der Waals surface area (Å²) in [5, 5.41) is 0. The van der Waals surface area contributed by atoms with E-state index in [-0.39, 0.29) is 24.6 Å². The van der Waals surface area contributed by atoms with Crippen molar-refractivity contribution >= 4 is 18.0 Å². The van der Waals surface area contributed by atoms with Gasteiger partial charge in [0.25, 0.3) is 0 Å². The van der Waals surface area contributed by atoms with Gasteiger partial charge in [0.2, 0.25) is 5.91 Å². The smallest absolute Gasteiger partial charge is 0.410 e. The van der Waals surface area contributed by atoms with Gasteiger partial charge in [-0.25, -0.2) is 9.59 Å². The SMILES string of the molecule is CC(C)(C)OC(=O)c1cccc(CN2CN(C3CCCCC3)C3(CCN(C(=O)OCc4ccccc4)CC3)C2=O)c1. The largest absolute Gasteiger partial charge is 0.456 e. The second kappa shape index (κ2) is 12.2. The van der Waals surface area contributed by atoms with E-state index >= 15 is 0 Å². The molecule has 220 valence electrons. The molecule has 5 rings (SSSR count). The number of carbonyl (C=O) groups excluding carboxylic acids is 3. The molecule has 2 heterocycles. The lowest BCUT2D eigenvalue weighted by molar-refractivity contribution is -0.137. The first-order chi connectivity index (χ1) is 19.6. The lowest BCUT2D eigenvalue weighted by Gasteiger charge is -2.46. The minimum atomic E-state index is -0.610. The molecule has 3 fully saturated rings. The maximum Gasteiger partial charge on any atom is 0.410 e. The fraction of sp³-hybridized carbons (Fsp3) is 0.545. The van der Waals surface area contributed by atoms with Crippen molar-refractivity contribution in [2.45, 2.75) is 96.1 Å². The molecule has 0 aromatic heterocycles. The molecule has 1 spiro atoms. The molecule has 1 saturated carbocycles. The predicted molar refractivity (Wildman–Crippen MR) is 156 cm³/mol. The third-order valence-corrected chi connectivity index (χ3v) is 8.56. The van der Waals surface area contributed by atoms with Crippen molar-refractivity contribution in [1.29, 1.82) is 0 Å². The summed E-state index contributed by atoms with van der Waals surface area (Å²) in [7, 11) is 0. The van der Waals surface area contributed by atoms with Crippen molar-refractivity contribution < 1.29 is 23.9 Å². The molecule has 0 unspecified atom stereocenters. The number of likely N-dealkylation sites (tertiary alicyclic amines) is 1. The number of benzene rings is 2. The highest BCUT2D eigenvalue weighted by molar-refractivity contribution is 5.90. The highest BCUT2D eigenvalue weighted by Crippen LogP contribution is 2.41. The lowest BCUT2D eigenvalue weighted by Crippen LogP contribution is -2.59. The van der Waals surface area contributed by atoms with Crippen molar-refractivity contribution in [3.63, 3.8) is 0 Å². The Morgan fingerprint density at radius 3 is 2.29 bits per heavy atom. The Labute approximate surface area is 243 Å². The minimum absolute atomic E-state index is 0.128. The van der Waals surface area contributed by atoms with E-state index in [1.807, 2.05) is 74.2 Å². The third-order valence-electron chi connectivity index (χ3n) is 8.56. The van der Waals surface area contributed by atoms with Gasteiger partial charge in [0.05, 0.1) is 12.2 Å². The van der Waals surface area contributed by atoms with Crippen LogP contribution in [0, 0.1) is 0 Å². The summed E-state index contributed by atoms with van der Waals surface area (Å²) in [4.78, 5) is 45.9. The second-order valence-corrected chi connectivity index (χ2v) is 12.7. The fourth-order valence-corrected chi connectivity index (χ4v) is 6.51. The quantitative estimate of drug-likeness (QED) is 0.418. The monoisotopic (exact) mass is 561 g/mol. The van der Waals surface area contributed by atoms with Crippen molar-refractivity contribution in [1.82, 2.24) is 14.7 Å². The zero-order valence-corrected chi connectivity index (χ0v) is 24.6. The molecule has 1 aliphatic carbocycles. The van der Waals surface area contributed by atoms with Crippen molar-refractivity contribution in [3.05, 3.63) is 71.3 Å². The number of ether oxygens (including phenoxy) is 2. The summed E-state index contributed by atoms with van der Waals surface area (Å²) >= 11 is 0. The average Bonchev–Trinajstić information content (AvgIpc) is 3.22. The van der Waals surface area contributed by atoms with Crippen LogP contribution in [0.15, 0.2) is 54.6 Å². The molecule has 2 saturated heterocycles. The average molecular weight is 562 g/mol. The van der Waals surface area contributed by atoms with Crippen LogP contribution >= 0.6 is 0 Å². The number of hydrogen-bond donors (Lipinski definition) is 0. The Kier molecular flexibility index (Phi) is 8.68. The minimum Gasteiger partial charge on any atom is -0.456 e. The van der Waals surface area contributed by atoms with Crippen LogP contribution in [0.25, 0.3) is 0 Å². The first kappa shape index (κ1) is 29.1. The molecule has 8 nitrogen and oxygen atoms in total. The van der Waals surface area contributed by atoms with Crippen LogP contribution in [0.1, 0.15) is 87.2 Å². The predicted octanol–water partition coefficient (Wildman–Crippen LogP) is 5.75. The molecule has 0 radical (unpaired) electrons. The van der Waals surface area contributed by atoms with Crippen LogP contribution in [0.4, 0.5) is 4.79 Å². The van der Waals surface area contributed by atoms with Crippen LogP contribution in [0.2, 0.25) is 0 Å². The zero-order chi connectivity index (χ0) is 29.0. The molecule has 2 aromatic carbocycles. The first-order valence-electron chi connectivity index (χ1n) is 15.0. The summed E-state index contributed by atoms with van der Waals surface area (Å²) in [5.74, 6) is -0.234. The summed E-state index contributed by atoms with van der Waals surface area (Å²) in [6.45, 7) is 7.78. The molecule has 41 heavy (non-hydrogen) atoms. The normalized spacial score (nSPS) is 19.9. The molecular formula is C33H43N3O5. The maximum atomic E-state index is 14.2. The highest BCUT2D eigenvalue weighted by atomic mass is 16.6. The van der Waals surface area contributed by atoms with E-state index in [0.29, 0.717) is 50.7 Å². The first-order valence-corrected chi connectivity index (χ1v) is 15.0.